The van der Waals surface area contributed by atoms with Crippen LogP contribution in [-0.4, -0.2) is 5.78 Å². The van der Waals surface area contributed by atoms with E-state index in [2.05, 4.69) is 0 Å². The lowest BCUT2D eigenvalue weighted by Gasteiger charge is -2.06. The number of anilines is 1. The summed E-state index contributed by atoms with van der Waals surface area (Å²) in [5, 5.41) is 8.54. The lowest BCUT2D eigenvalue weighted by Crippen LogP contribution is -2.03. The highest BCUT2D eigenvalue weighted by Gasteiger charge is 2.05. The van der Waals surface area contributed by atoms with E-state index in [0.29, 0.717) is 12.1 Å². The monoisotopic (exact) mass is 188 g/mol. The number of carbonyl (C=O) groups is 1. The molecule has 0 unspecified atom stereocenters. The largest absolute Gasteiger partial charge is 0.398 e. The summed E-state index contributed by atoms with van der Waals surface area (Å²) in [5.74, 6) is 0.0748. The second kappa shape index (κ2) is 4.43. The maximum absolute atomic E-state index is 10.9. The molecule has 1 rings (SSSR count). The fourth-order valence-electron chi connectivity index (χ4n) is 1.33. The van der Waals surface area contributed by atoms with Crippen LogP contribution in [0, 0.1) is 11.3 Å². The quantitative estimate of drug-likeness (QED) is 0.730. The Labute approximate surface area is 83.2 Å². The molecule has 0 saturated carbocycles. The Balaban J connectivity index is 3.02. The second-order valence-electron chi connectivity index (χ2n) is 3.20. The molecule has 0 aliphatic rings. The number of hydrogen-bond donors (Lipinski definition) is 1. The molecule has 0 aliphatic heterocycles. The van der Waals surface area contributed by atoms with Gasteiger partial charge in [0.2, 0.25) is 0 Å². The molecule has 72 valence electrons. The van der Waals surface area contributed by atoms with Crippen molar-refractivity contribution in [3.05, 3.63) is 29.3 Å². The van der Waals surface area contributed by atoms with Crippen molar-refractivity contribution in [3.63, 3.8) is 0 Å². The highest BCUT2D eigenvalue weighted by Crippen LogP contribution is 2.18. The molecule has 0 atom stereocenters. The van der Waals surface area contributed by atoms with Crippen molar-refractivity contribution in [2.45, 2.75) is 19.8 Å². The van der Waals surface area contributed by atoms with Crippen molar-refractivity contribution in [1.82, 2.24) is 0 Å². The third-order valence-electron chi connectivity index (χ3n) is 2.00. The van der Waals surface area contributed by atoms with Crippen LogP contribution in [0.5, 0.6) is 0 Å². The predicted octanol–water partition coefficient (Wildman–Crippen LogP) is 1.47. The summed E-state index contributed by atoms with van der Waals surface area (Å²) in [6.45, 7) is 1.52. The number of carbonyl (C=O) groups excluding carboxylic acids is 1. The maximum atomic E-state index is 10.9. The van der Waals surface area contributed by atoms with Crippen LogP contribution in [0.25, 0.3) is 0 Å². The lowest BCUT2D eigenvalue weighted by atomic mass is 10.0. The van der Waals surface area contributed by atoms with Gasteiger partial charge in [-0.3, -0.25) is 4.79 Å². The molecule has 0 aromatic heterocycles. The molecule has 0 heterocycles. The predicted molar refractivity (Wildman–Crippen MR) is 54.6 cm³/mol. The van der Waals surface area contributed by atoms with Crippen LogP contribution in [-0.2, 0) is 17.6 Å². The van der Waals surface area contributed by atoms with Gasteiger partial charge in [0.05, 0.1) is 12.5 Å². The smallest absolute Gasteiger partial charge is 0.134 e. The first kappa shape index (κ1) is 10.3. The number of nitrogens with two attached hydrogens (primary N) is 1. The standard InChI is InChI=1S/C11H12N2O/c1-8(14)7-10-4-2-3-9(5-6-12)11(10)13/h2-4H,5,7,13H2,1H3. The van der Waals surface area contributed by atoms with E-state index < -0.39 is 0 Å². The van der Waals surface area contributed by atoms with Crippen molar-refractivity contribution < 1.29 is 4.79 Å². The van der Waals surface area contributed by atoms with E-state index in [9.17, 15) is 4.79 Å². The Bertz CT molecular complexity index is 391. The fraction of sp³-hybridized carbons (Fsp3) is 0.273. The highest BCUT2D eigenvalue weighted by atomic mass is 16.1. The molecule has 0 aliphatic carbocycles. The third kappa shape index (κ3) is 2.33. The topological polar surface area (TPSA) is 66.9 Å². The van der Waals surface area contributed by atoms with Gasteiger partial charge in [-0.2, -0.15) is 5.26 Å². The number of nitriles is 1. The molecular formula is C11H12N2O. The zero-order valence-electron chi connectivity index (χ0n) is 8.08. The number of benzene rings is 1. The molecule has 0 radical (unpaired) electrons. The van der Waals surface area contributed by atoms with Crippen molar-refractivity contribution in [1.29, 1.82) is 5.26 Å². The molecular weight excluding hydrogens is 176 g/mol. The average molecular weight is 188 g/mol. The van der Waals surface area contributed by atoms with Gasteiger partial charge in [-0.15, -0.1) is 0 Å². The van der Waals surface area contributed by atoms with Gasteiger partial charge in [0, 0.05) is 12.1 Å². The van der Waals surface area contributed by atoms with Gasteiger partial charge in [0.1, 0.15) is 5.78 Å². The fourth-order valence-corrected chi connectivity index (χ4v) is 1.33. The van der Waals surface area contributed by atoms with E-state index >= 15 is 0 Å². The van der Waals surface area contributed by atoms with Gasteiger partial charge in [0.15, 0.2) is 0 Å². The zero-order chi connectivity index (χ0) is 10.6. The molecule has 3 nitrogen and oxygen atoms in total. The third-order valence-corrected chi connectivity index (χ3v) is 2.00. The van der Waals surface area contributed by atoms with Crippen LogP contribution in [0.3, 0.4) is 0 Å². The van der Waals surface area contributed by atoms with Crippen molar-refractivity contribution in [3.8, 4) is 6.07 Å². The van der Waals surface area contributed by atoms with Crippen LogP contribution in [0.15, 0.2) is 18.2 Å². The maximum Gasteiger partial charge on any atom is 0.134 e. The SMILES string of the molecule is CC(=O)Cc1cccc(CC#N)c1N. The number of para-hydroxylation sites is 1. The van der Waals surface area contributed by atoms with Crippen molar-refractivity contribution in [2.24, 2.45) is 0 Å². The number of nitrogens with zero attached hydrogens (tertiary/aromatic N) is 1. The van der Waals surface area contributed by atoms with Gasteiger partial charge < -0.3 is 5.73 Å². The minimum atomic E-state index is 0.0748. The summed E-state index contributed by atoms with van der Waals surface area (Å²) in [6.07, 6.45) is 0.628. The molecule has 0 spiro atoms. The minimum absolute atomic E-state index is 0.0748. The summed E-state index contributed by atoms with van der Waals surface area (Å²) in [5.41, 5.74) is 8.00. The number of nitrogen functional groups attached to an aromatic ring is 1. The summed E-state index contributed by atoms with van der Waals surface area (Å²) < 4.78 is 0. The van der Waals surface area contributed by atoms with E-state index in [0.717, 1.165) is 11.1 Å². The lowest BCUT2D eigenvalue weighted by molar-refractivity contribution is -0.116. The van der Waals surface area contributed by atoms with E-state index in [1.165, 1.54) is 6.92 Å². The summed E-state index contributed by atoms with van der Waals surface area (Å²) in [7, 11) is 0. The van der Waals surface area contributed by atoms with E-state index in [1.54, 1.807) is 0 Å². The van der Waals surface area contributed by atoms with Gasteiger partial charge in [-0.25, -0.2) is 0 Å². The Kier molecular flexibility index (Phi) is 3.24. The number of hydrogen-bond acceptors (Lipinski definition) is 3. The zero-order valence-corrected chi connectivity index (χ0v) is 8.08. The Morgan fingerprint density at radius 3 is 2.71 bits per heavy atom. The molecule has 1 aromatic rings. The minimum Gasteiger partial charge on any atom is -0.398 e. The normalized spacial score (nSPS) is 9.43. The Hall–Kier alpha value is -1.82. The number of ketones is 1. The highest BCUT2D eigenvalue weighted by molar-refractivity contribution is 5.80. The number of Topliss-reactive ketones (excluding diaryl/α,β-unsaturated/α-hetero) is 1. The van der Waals surface area contributed by atoms with Crippen LogP contribution < -0.4 is 5.73 Å². The van der Waals surface area contributed by atoms with Gasteiger partial charge in [-0.05, 0) is 18.1 Å². The summed E-state index contributed by atoms with van der Waals surface area (Å²) >= 11 is 0. The second-order valence-corrected chi connectivity index (χ2v) is 3.20. The summed E-state index contributed by atoms with van der Waals surface area (Å²) in [6, 6.07) is 7.49. The first-order valence-electron chi connectivity index (χ1n) is 4.37. The average Bonchev–Trinajstić information content (AvgIpc) is 2.11. The van der Waals surface area contributed by atoms with E-state index in [4.69, 9.17) is 11.0 Å². The first-order valence-corrected chi connectivity index (χ1v) is 4.37. The molecule has 14 heavy (non-hydrogen) atoms. The van der Waals surface area contributed by atoms with Crippen molar-refractivity contribution >= 4 is 11.5 Å². The summed E-state index contributed by atoms with van der Waals surface area (Å²) in [4.78, 5) is 10.9. The van der Waals surface area contributed by atoms with E-state index in [1.807, 2.05) is 24.3 Å². The molecule has 0 bridgehead atoms. The Morgan fingerprint density at radius 1 is 1.50 bits per heavy atom. The van der Waals surface area contributed by atoms with Crippen molar-refractivity contribution in [2.75, 3.05) is 5.73 Å². The van der Waals surface area contributed by atoms with E-state index in [-0.39, 0.29) is 12.2 Å². The molecule has 3 heteroatoms. The van der Waals surface area contributed by atoms with Crippen LogP contribution >= 0.6 is 0 Å². The molecule has 2 N–H and O–H groups in total. The van der Waals surface area contributed by atoms with Gasteiger partial charge >= 0.3 is 0 Å². The van der Waals surface area contributed by atoms with Gasteiger partial charge in [0.25, 0.3) is 0 Å². The van der Waals surface area contributed by atoms with Crippen LogP contribution in [0.1, 0.15) is 18.1 Å². The van der Waals surface area contributed by atoms with Crippen LogP contribution in [0.2, 0.25) is 0 Å². The van der Waals surface area contributed by atoms with Gasteiger partial charge in [-0.1, -0.05) is 18.2 Å². The molecule has 0 amide bonds. The molecule has 0 fully saturated rings. The number of rotatable bonds is 3. The Morgan fingerprint density at radius 2 is 2.14 bits per heavy atom. The van der Waals surface area contributed by atoms with Crippen LogP contribution in [0.4, 0.5) is 5.69 Å². The first-order chi connectivity index (χ1) is 6.65. The molecule has 0 saturated heterocycles. The molecule has 1 aromatic carbocycles.